The third-order valence-corrected chi connectivity index (χ3v) is 5.53. The Labute approximate surface area is 195 Å². The van der Waals surface area contributed by atoms with Crippen molar-refractivity contribution in [2.24, 2.45) is 0 Å². The molecule has 2 amide bonds. The Bertz CT molecular complexity index is 1090. The van der Waals surface area contributed by atoms with Crippen molar-refractivity contribution < 1.29 is 14.3 Å². The lowest BCUT2D eigenvalue weighted by atomic mass is 10.1. The van der Waals surface area contributed by atoms with Crippen molar-refractivity contribution >= 4 is 71.8 Å². The number of benzene rings is 3. The van der Waals surface area contributed by atoms with Crippen LogP contribution in [0.15, 0.2) is 69.6 Å². The lowest BCUT2D eigenvalue weighted by Crippen LogP contribution is -2.49. The first-order chi connectivity index (χ1) is 14.4. The second-order valence-corrected chi connectivity index (χ2v) is 8.36. The number of carbonyl (C=O) groups is 2. The predicted octanol–water partition coefficient (Wildman–Crippen LogP) is 4.01. The van der Waals surface area contributed by atoms with Gasteiger partial charge in [-0.2, -0.15) is 0 Å². The van der Waals surface area contributed by atoms with E-state index in [1.807, 2.05) is 54.6 Å². The van der Waals surface area contributed by atoms with Gasteiger partial charge < -0.3 is 10.1 Å². The summed E-state index contributed by atoms with van der Waals surface area (Å²) in [5.41, 5.74) is 5.75. The van der Waals surface area contributed by atoms with E-state index in [4.69, 9.17) is 17.0 Å². The summed E-state index contributed by atoms with van der Waals surface area (Å²) in [6.07, 6.45) is 0.187. The van der Waals surface area contributed by atoms with E-state index in [0.29, 0.717) is 5.75 Å². The van der Waals surface area contributed by atoms with Gasteiger partial charge in [0.05, 0.1) is 10.9 Å². The topological polar surface area (TPSA) is 79.5 Å². The number of thiocarbonyl (C=S) groups is 1. The fourth-order valence-electron chi connectivity index (χ4n) is 2.64. The number of amides is 2. The molecule has 0 unspecified atom stereocenters. The van der Waals surface area contributed by atoms with E-state index in [0.717, 1.165) is 25.3 Å². The molecule has 0 aliphatic heterocycles. The average Bonchev–Trinajstić information content (AvgIpc) is 2.72. The van der Waals surface area contributed by atoms with Crippen LogP contribution in [-0.4, -0.2) is 23.5 Å². The number of fused-ring (bicyclic) bond motifs is 1. The molecule has 3 aromatic carbocycles. The van der Waals surface area contributed by atoms with Gasteiger partial charge in [-0.05, 0) is 62.7 Å². The van der Waals surface area contributed by atoms with E-state index in [-0.39, 0.29) is 24.0 Å². The van der Waals surface area contributed by atoms with Gasteiger partial charge in [0.25, 0.3) is 5.91 Å². The Morgan fingerprint density at radius 1 is 0.933 bits per heavy atom. The Hall–Kier alpha value is -2.49. The molecule has 30 heavy (non-hydrogen) atoms. The molecule has 154 valence electrons. The van der Waals surface area contributed by atoms with Crippen molar-refractivity contribution in [2.45, 2.75) is 6.42 Å². The third-order valence-electron chi connectivity index (χ3n) is 4.02. The second-order valence-electron chi connectivity index (χ2n) is 6.24. The van der Waals surface area contributed by atoms with Crippen LogP contribution in [0.1, 0.15) is 5.56 Å². The summed E-state index contributed by atoms with van der Waals surface area (Å²) in [6, 6.07) is 18.8. The highest BCUT2D eigenvalue weighted by atomic mass is 79.9. The maximum absolute atomic E-state index is 12.0. The smallest absolute Gasteiger partial charge is 0.276 e. The fraction of sp³-hybridized carbons (Fsp3) is 0.0952. The molecule has 0 bridgehead atoms. The van der Waals surface area contributed by atoms with Gasteiger partial charge in [-0.1, -0.05) is 58.4 Å². The Morgan fingerprint density at radius 3 is 2.47 bits per heavy atom. The predicted molar refractivity (Wildman–Crippen MR) is 127 cm³/mol. The number of nitrogens with one attached hydrogen (secondary N) is 3. The van der Waals surface area contributed by atoms with E-state index < -0.39 is 5.91 Å². The first kappa shape index (κ1) is 22.2. The van der Waals surface area contributed by atoms with Crippen LogP contribution in [0.2, 0.25) is 0 Å². The minimum absolute atomic E-state index is 0.00161. The lowest BCUT2D eigenvalue weighted by Gasteiger charge is -2.13. The van der Waals surface area contributed by atoms with Crippen molar-refractivity contribution in [3.63, 3.8) is 0 Å². The lowest BCUT2D eigenvalue weighted by molar-refractivity contribution is -0.124. The standard InChI is InChI=1S/C21H17Br2N3O3S/c22-15-7-8-16-14(11-15)6-9-17(20(16)23)29-12-19(28)25-26-21(30)24-18(27)10-13-4-2-1-3-5-13/h1-9,11H,10,12H2,(H,25,28)(H2,24,26,27,30). The van der Waals surface area contributed by atoms with Crippen molar-refractivity contribution in [1.29, 1.82) is 0 Å². The number of halogens is 2. The highest BCUT2D eigenvalue weighted by molar-refractivity contribution is 9.11. The average molecular weight is 551 g/mol. The first-order valence-corrected chi connectivity index (χ1v) is 10.8. The molecule has 3 aromatic rings. The molecular weight excluding hydrogens is 534 g/mol. The zero-order valence-electron chi connectivity index (χ0n) is 15.6. The van der Waals surface area contributed by atoms with Gasteiger partial charge in [0, 0.05) is 4.47 Å². The van der Waals surface area contributed by atoms with E-state index in [9.17, 15) is 9.59 Å². The van der Waals surface area contributed by atoms with E-state index in [1.54, 1.807) is 6.07 Å². The van der Waals surface area contributed by atoms with Crippen LogP contribution < -0.4 is 20.9 Å². The van der Waals surface area contributed by atoms with Gasteiger partial charge in [0.15, 0.2) is 11.7 Å². The van der Waals surface area contributed by atoms with Crippen LogP contribution in [0.4, 0.5) is 0 Å². The molecule has 6 nitrogen and oxygen atoms in total. The largest absolute Gasteiger partial charge is 0.483 e. The summed E-state index contributed by atoms with van der Waals surface area (Å²) in [5, 5.41) is 4.51. The molecule has 0 radical (unpaired) electrons. The molecule has 0 spiro atoms. The fourth-order valence-corrected chi connectivity index (χ4v) is 3.79. The Morgan fingerprint density at radius 2 is 1.70 bits per heavy atom. The molecule has 0 fully saturated rings. The van der Waals surface area contributed by atoms with Crippen molar-refractivity contribution in [1.82, 2.24) is 16.2 Å². The quantitative estimate of drug-likeness (QED) is 0.330. The third kappa shape index (κ3) is 6.25. The van der Waals surface area contributed by atoms with Gasteiger partial charge in [-0.15, -0.1) is 0 Å². The van der Waals surface area contributed by atoms with Crippen molar-refractivity contribution in [2.75, 3.05) is 6.61 Å². The normalized spacial score (nSPS) is 10.3. The molecule has 0 aliphatic rings. The summed E-state index contributed by atoms with van der Waals surface area (Å²) in [6.45, 7) is -0.228. The Balaban J connectivity index is 1.45. The molecule has 0 aliphatic carbocycles. The van der Waals surface area contributed by atoms with Gasteiger partial charge in [0.2, 0.25) is 5.91 Å². The van der Waals surface area contributed by atoms with Crippen LogP contribution in [-0.2, 0) is 16.0 Å². The molecule has 0 saturated heterocycles. The van der Waals surface area contributed by atoms with E-state index in [2.05, 4.69) is 48.0 Å². The first-order valence-electron chi connectivity index (χ1n) is 8.85. The second kappa shape index (κ2) is 10.5. The summed E-state index contributed by atoms with van der Waals surface area (Å²) in [7, 11) is 0. The molecule has 0 heterocycles. The van der Waals surface area contributed by atoms with Gasteiger partial charge in [0.1, 0.15) is 5.75 Å². The van der Waals surface area contributed by atoms with Crippen molar-refractivity contribution in [3.8, 4) is 5.75 Å². The summed E-state index contributed by atoms with van der Waals surface area (Å²) in [4.78, 5) is 24.0. The van der Waals surface area contributed by atoms with Gasteiger partial charge in [-0.3, -0.25) is 20.4 Å². The SMILES string of the molecule is O=C(COc1ccc2cc(Br)ccc2c1Br)NNC(=S)NC(=O)Cc1ccccc1. The number of ether oxygens (including phenoxy) is 1. The van der Waals surface area contributed by atoms with Crippen LogP contribution in [0.3, 0.4) is 0 Å². The number of hydrazine groups is 1. The molecule has 3 N–H and O–H groups in total. The number of hydrogen-bond donors (Lipinski definition) is 3. The molecule has 0 aromatic heterocycles. The zero-order chi connectivity index (χ0) is 21.5. The van der Waals surface area contributed by atoms with Gasteiger partial charge >= 0.3 is 0 Å². The molecule has 3 rings (SSSR count). The Kier molecular flexibility index (Phi) is 7.78. The number of rotatable bonds is 5. The zero-order valence-corrected chi connectivity index (χ0v) is 19.6. The monoisotopic (exact) mass is 549 g/mol. The summed E-state index contributed by atoms with van der Waals surface area (Å²) in [5.74, 6) is -0.188. The molecule has 0 saturated carbocycles. The van der Waals surface area contributed by atoms with Crippen LogP contribution in [0.25, 0.3) is 10.8 Å². The highest BCUT2D eigenvalue weighted by Crippen LogP contribution is 2.34. The molecule has 0 atom stereocenters. The molecular formula is C21H17Br2N3O3S. The number of hydrogen-bond acceptors (Lipinski definition) is 4. The summed E-state index contributed by atoms with van der Waals surface area (Å²) < 4.78 is 7.33. The van der Waals surface area contributed by atoms with Crippen LogP contribution >= 0.6 is 44.1 Å². The highest BCUT2D eigenvalue weighted by Gasteiger charge is 2.10. The number of carbonyl (C=O) groups excluding carboxylic acids is 2. The minimum Gasteiger partial charge on any atom is -0.483 e. The summed E-state index contributed by atoms with van der Waals surface area (Å²) >= 11 is 12.0. The van der Waals surface area contributed by atoms with Crippen LogP contribution in [0, 0.1) is 0 Å². The van der Waals surface area contributed by atoms with Gasteiger partial charge in [-0.25, -0.2) is 0 Å². The maximum atomic E-state index is 12.0. The maximum Gasteiger partial charge on any atom is 0.276 e. The van der Waals surface area contributed by atoms with E-state index >= 15 is 0 Å². The van der Waals surface area contributed by atoms with Crippen molar-refractivity contribution in [3.05, 3.63) is 75.2 Å². The minimum atomic E-state index is -0.447. The molecule has 9 heteroatoms. The van der Waals surface area contributed by atoms with Crippen LogP contribution in [0.5, 0.6) is 5.75 Å². The van der Waals surface area contributed by atoms with E-state index in [1.165, 1.54) is 0 Å².